The molecule has 0 aliphatic heterocycles. The van der Waals surface area contributed by atoms with E-state index in [9.17, 15) is 10.1 Å². The zero-order chi connectivity index (χ0) is 20.0. The minimum absolute atomic E-state index is 0.0147. The number of ether oxygens (including phenoxy) is 2. The lowest BCUT2D eigenvalue weighted by atomic mass is 10.1. The predicted octanol–water partition coefficient (Wildman–Crippen LogP) is 2.46. The van der Waals surface area contributed by atoms with Crippen molar-refractivity contribution in [2.75, 3.05) is 31.0 Å². The van der Waals surface area contributed by atoms with Crippen LogP contribution in [0.15, 0.2) is 23.2 Å². The van der Waals surface area contributed by atoms with E-state index in [1.807, 2.05) is 12.1 Å². The topological polar surface area (TPSA) is 134 Å². The third kappa shape index (κ3) is 4.40. The Kier molecular flexibility index (Phi) is 6.47. The van der Waals surface area contributed by atoms with Gasteiger partial charge in [0.2, 0.25) is 5.91 Å². The van der Waals surface area contributed by atoms with E-state index in [1.165, 1.54) is 14.2 Å². The maximum absolute atomic E-state index is 12.2. The number of benzene rings is 1. The van der Waals surface area contributed by atoms with Crippen molar-refractivity contribution in [1.82, 2.24) is 4.98 Å². The first-order valence-electron chi connectivity index (χ1n) is 7.70. The Labute approximate surface area is 160 Å². The maximum Gasteiger partial charge on any atom is 0.234 e. The molecule has 0 bridgehead atoms. The highest BCUT2D eigenvalue weighted by atomic mass is 32.2. The highest BCUT2D eigenvalue weighted by Crippen LogP contribution is 2.30. The lowest BCUT2D eigenvalue weighted by Crippen LogP contribution is -2.14. The van der Waals surface area contributed by atoms with Crippen LogP contribution in [0.25, 0.3) is 0 Å². The average molecular weight is 383 g/mol. The molecule has 1 amide bonds. The van der Waals surface area contributed by atoms with Gasteiger partial charge >= 0.3 is 0 Å². The summed E-state index contributed by atoms with van der Waals surface area (Å²) in [5, 5.41) is 21.5. The summed E-state index contributed by atoms with van der Waals surface area (Å²) in [6.07, 6.45) is 0. The van der Waals surface area contributed by atoms with E-state index < -0.39 is 0 Å². The second-order valence-corrected chi connectivity index (χ2v) is 6.27. The molecule has 2 rings (SSSR count). The van der Waals surface area contributed by atoms with Crippen molar-refractivity contribution >= 4 is 29.2 Å². The fourth-order valence-electron chi connectivity index (χ4n) is 2.32. The van der Waals surface area contributed by atoms with Crippen molar-refractivity contribution < 1.29 is 14.3 Å². The third-order valence-electron chi connectivity index (χ3n) is 3.67. The van der Waals surface area contributed by atoms with Gasteiger partial charge in [0, 0.05) is 11.8 Å². The second-order valence-electron chi connectivity index (χ2n) is 5.31. The monoisotopic (exact) mass is 383 g/mol. The summed E-state index contributed by atoms with van der Waals surface area (Å²) in [6.45, 7) is 1.63. The first-order chi connectivity index (χ1) is 12.9. The van der Waals surface area contributed by atoms with Gasteiger partial charge in [-0.25, -0.2) is 4.98 Å². The molecule has 138 valence electrons. The number of nitrogens with zero attached hydrogens (tertiary/aromatic N) is 3. The Balaban J connectivity index is 2.13. The molecule has 2 aromatic rings. The minimum Gasteiger partial charge on any atom is -0.493 e. The third-order valence-corrected chi connectivity index (χ3v) is 4.65. The smallest absolute Gasteiger partial charge is 0.234 e. The zero-order valence-corrected chi connectivity index (χ0v) is 15.8. The van der Waals surface area contributed by atoms with Crippen LogP contribution in [0.2, 0.25) is 0 Å². The molecule has 0 atom stereocenters. The van der Waals surface area contributed by atoms with Gasteiger partial charge in [-0.15, -0.1) is 0 Å². The first kappa shape index (κ1) is 19.9. The molecule has 0 unspecified atom stereocenters. The van der Waals surface area contributed by atoms with Crippen LogP contribution in [0.3, 0.4) is 0 Å². The van der Waals surface area contributed by atoms with E-state index in [0.717, 1.165) is 11.8 Å². The number of carbonyl (C=O) groups excluding carboxylic acids is 1. The molecular weight excluding hydrogens is 366 g/mol. The standard InChI is InChI=1S/C18H17N5O3S/c1-10-12(7-19)17(21)23-18(13(10)8-20)27-9-16(24)22-11-4-5-14(25-2)15(6-11)26-3/h4-6H,9H2,1-3H3,(H2,21,23)(H,22,24). The Bertz CT molecular complexity index is 963. The molecule has 0 radical (unpaired) electrons. The quantitative estimate of drug-likeness (QED) is 0.727. The van der Waals surface area contributed by atoms with Crippen molar-refractivity contribution in [3.05, 3.63) is 34.9 Å². The number of amides is 1. The zero-order valence-electron chi connectivity index (χ0n) is 15.0. The Morgan fingerprint density at radius 3 is 2.48 bits per heavy atom. The lowest BCUT2D eigenvalue weighted by molar-refractivity contribution is -0.113. The number of pyridine rings is 1. The Morgan fingerprint density at radius 2 is 1.89 bits per heavy atom. The number of nitriles is 2. The van der Waals surface area contributed by atoms with Crippen molar-refractivity contribution in [3.63, 3.8) is 0 Å². The van der Waals surface area contributed by atoms with Crippen molar-refractivity contribution in [1.29, 1.82) is 10.5 Å². The first-order valence-corrected chi connectivity index (χ1v) is 8.68. The number of rotatable bonds is 6. The van der Waals surface area contributed by atoms with Gasteiger partial charge in [-0.1, -0.05) is 11.8 Å². The van der Waals surface area contributed by atoms with E-state index in [-0.39, 0.29) is 28.6 Å². The summed E-state index contributed by atoms with van der Waals surface area (Å²) >= 11 is 1.07. The highest BCUT2D eigenvalue weighted by molar-refractivity contribution is 8.00. The van der Waals surface area contributed by atoms with Gasteiger partial charge in [0.05, 0.1) is 31.1 Å². The molecule has 0 aliphatic carbocycles. The molecule has 3 N–H and O–H groups in total. The van der Waals surface area contributed by atoms with Gasteiger partial charge in [-0.3, -0.25) is 4.79 Å². The Morgan fingerprint density at radius 1 is 1.22 bits per heavy atom. The number of nitrogens with one attached hydrogen (secondary N) is 1. The molecule has 1 aromatic carbocycles. The normalized spacial score (nSPS) is 9.81. The summed E-state index contributed by atoms with van der Waals surface area (Å²) in [6, 6.07) is 8.96. The van der Waals surface area contributed by atoms with Crippen LogP contribution in [0.5, 0.6) is 11.5 Å². The van der Waals surface area contributed by atoms with Crippen molar-refractivity contribution in [2.24, 2.45) is 0 Å². The fourth-order valence-corrected chi connectivity index (χ4v) is 3.17. The van der Waals surface area contributed by atoms with Crippen LogP contribution in [0.1, 0.15) is 16.7 Å². The molecule has 1 aromatic heterocycles. The van der Waals surface area contributed by atoms with Gasteiger partial charge in [0.1, 0.15) is 23.0 Å². The summed E-state index contributed by atoms with van der Waals surface area (Å²) in [5.74, 6) is 0.805. The molecule has 0 fully saturated rings. The fraction of sp³-hybridized carbons (Fsp3) is 0.222. The summed E-state index contributed by atoms with van der Waals surface area (Å²) in [7, 11) is 3.03. The van der Waals surface area contributed by atoms with Crippen LogP contribution >= 0.6 is 11.8 Å². The van der Waals surface area contributed by atoms with Gasteiger partial charge in [0.25, 0.3) is 0 Å². The molecule has 9 heteroatoms. The largest absolute Gasteiger partial charge is 0.493 e. The summed E-state index contributed by atoms with van der Waals surface area (Å²) in [5.41, 5.74) is 7.17. The number of hydrogen-bond acceptors (Lipinski definition) is 8. The number of aromatic nitrogens is 1. The van der Waals surface area contributed by atoms with Gasteiger partial charge in [-0.2, -0.15) is 10.5 Å². The van der Waals surface area contributed by atoms with Crippen LogP contribution in [-0.2, 0) is 4.79 Å². The molecule has 1 heterocycles. The van der Waals surface area contributed by atoms with Gasteiger partial charge < -0.3 is 20.5 Å². The van der Waals surface area contributed by atoms with E-state index in [4.69, 9.17) is 20.5 Å². The molecule has 27 heavy (non-hydrogen) atoms. The van der Waals surface area contributed by atoms with Crippen LogP contribution in [0.4, 0.5) is 11.5 Å². The molecule has 0 spiro atoms. The molecule has 0 aliphatic rings. The minimum atomic E-state index is -0.293. The number of hydrogen-bond donors (Lipinski definition) is 2. The molecule has 8 nitrogen and oxygen atoms in total. The molecule has 0 saturated heterocycles. The van der Waals surface area contributed by atoms with Crippen LogP contribution in [-0.4, -0.2) is 30.9 Å². The lowest BCUT2D eigenvalue weighted by Gasteiger charge is -2.11. The highest BCUT2D eigenvalue weighted by Gasteiger charge is 2.17. The van der Waals surface area contributed by atoms with Crippen LogP contribution < -0.4 is 20.5 Å². The maximum atomic E-state index is 12.2. The SMILES string of the molecule is COc1ccc(NC(=O)CSc2nc(N)c(C#N)c(C)c2C#N)cc1OC. The van der Waals surface area contributed by atoms with E-state index in [1.54, 1.807) is 25.1 Å². The number of methoxy groups -OCH3 is 2. The van der Waals surface area contributed by atoms with Crippen molar-refractivity contribution in [3.8, 4) is 23.6 Å². The van der Waals surface area contributed by atoms with Crippen molar-refractivity contribution in [2.45, 2.75) is 11.9 Å². The Hall–Kier alpha value is -3.43. The number of nitrogen functional groups attached to an aromatic ring is 1. The second kappa shape index (κ2) is 8.79. The summed E-state index contributed by atoms with van der Waals surface area (Å²) in [4.78, 5) is 16.3. The van der Waals surface area contributed by atoms with E-state index >= 15 is 0 Å². The van der Waals surface area contributed by atoms with E-state index in [2.05, 4.69) is 10.3 Å². The predicted molar refractivity (Wildman–Crippen MR) is 102 cm³/mol. The molecule has 0 saturated carbocycles. The number of carbonyl (C=O) groups is 1. The molecular formula is C18H17N5O3S. The van der Waals surface area contributed by atoms with Crippen LogP contribution in [0, 0.1) is 29.6 Å². The number of anilines is 2. The number of nitrogens with two attached hydrogens (primary N) is 1. The van der Waals surface area contributed by atoms with Gasteiger partial charge in [0.15, 0.2) is 11.5 Å². The van der Waals surface area contributed by atoms with Gasteiger partial charge in [-0.05, 0) is 24.6 Å². The average Bonchev–Trinajstić information content (AvgIpc) is 2.66. The summed E-state index contributed by atoms with van der Waals surface area (Å²) < 4.78 is 10.4. The van der Waals surface area contributed by atoms with E-state index in [0.29, 0.717) is 27.8 Å². The number of thioether (sulfide) groups is 1.